The standard InChI is InChI=1S/C35H42N2O8/c1-5-37(22-25-12-8-9-13-28(25)41-2)19-11-7-6-10-18-36-32(39)23-44-26-16-14-24(15-17-26)29-20-27(38)33-30(45-29)21-31(42-3)35(43-4)34(33)40/h8-9,12-17,20-21,40H,5-7,10-11,18-19,22-23H2,1-4H3,(H,36,39). The molecule has 0 unspecified atom stereocenters. The molecule has 10 heteroatoms. The van der Waals surface area contributed by atoms with E-state index in [0.29, 0.717) is 23.6 Å². The Labute approximate surface area is 263 Å². The molecule has 0 radical (unpaired) electrons. The molecule has 1 heterocycles. The summed E-state index contributed by atoms with van der Waals surface area (Å²) < 4.78 is 27.5. The van der Waals surface area contributed by atoms with E-state index >= 15 is 0 Å². The molecule has 0 aliphatic rings. The van der Waals surface area contributed by atoms with Crippen molar-refractivity contribution in [2.24, 2.45) is 0 Å². The molecule has 0 atom stereocenters. The van der Waals surface area contributed by atoms with Crippen LogP contribution in [0, 0.1) is 0 Å². The quantitative estimate of drug-likeness (QED) is 0.142. The van der Waals surface area contributed by atoms with Gasteiger partial charge in [0.05, 0.1) is 21.3 Å². The first-order valence-corrected chi connectivity index (χ1v) is 15.1. The second-order valence-electron chi connectivity index (χ2n) is 10.6. The summed E-state index contributed by atoms with van der Waals surface area (Å²) in [5.41, 5.74) is 1.57. The summed E-state index contributed by atoms with van der Waals surface area (Å²) in [7, 11) is 4.51. The van der Waals surface area contributed by atoms with Gasteiger partial charge >= 0.3 is 0 Å². The number of phenolic OH excluding ortho intramolecular Hbond substituents is 1. The number of unbranched alkanes of at least 4 members (excludes halogenated alkanes) is 3. The van der Waals surface area contributed by atoms with Crippen molar-refractivity contribution in [3.05, 3.63) is 76.5 Å². The van der Waals surface area contributed by atoms with E-state index in [4.69, 9.17) is 23.4 Å². The third-order valence-electron chi connectivity index (χ3n) is 7.60. The summed E-state index contributed by atoms with van der Waals surface area (Å²) in [6.45, 7) is 5.55. The average Bonchev–Trinajstić information content (AvgIpc) is 3.06. The number of benzene rings is 3. The van der Waals surface area contributed by atoms with Crippen molar-refractivity contribution in [2.45, 2.75) is 39.2 Å². The monoisotopic (exact) mass is 618 g/mol. The summed E-state index contributed by atoms with van der Waals surface area (Å²) in [5, 5.41) is 13.4. The van der Waals surface area contributed by atoms with Crippen LogP contribution >= 0.6 is 0 Å². The summed E-state index contributed by atoms with van der Waals surface area (Å²) in [5.74, 6) is 1.52. The van der Waals surface area contributed by atoms with Crippen LogP contribution < -0.4 is 29.7 Å². The van der Waals surface area contributed by atoms with Gasteiger partial charge in [-0.15, -0.1) is 0 Å². The molecule has 0 aliphatic heterocycles. The molecular formula is C35H42N2O8. The molecule has 0 fully saturated rings. The maximum atomic E-state index is 12.8. The van der Waals surface area contributed by atoms with Gasteiger partial charge < -0.3 is 33.8 Å². The largest absolute Gasteiger partial charge is 0.504 e. The van der Waals surface area contributed by atoms with E-state index in [1.54, 1.807) is 31.4 Å². The Balaban J connectivity index is 1.18. The number of aromatic hydroxyl groups is 1. The van der Waals surface area contributed by atoms with E-state index in [-0.39, 0.29) is 40.7 Å². The van der Waals surface area contributed by atoms with Crippen molar-refractivity contribution in [2.75, 3.05) is 47.6 Å². The number of phenols is 1. The van der Waals surface area contributed by atoms with Crippen LogP contribution in [0.3, 0.4) is 0 Å². The van der Waals surface area contributed by atoms with E-state index in [1.165, 1.54) is 31.9 Å². The number of amides is 1. The van der Waals surface area contributed by atoms with E-state index in [0.717, 1.165) is 51.1 Å². The number of hydrogen-bond acceptors (Lipinski definition) is 9. The van der Waals surface area contributed by atoms with E-state index in [9.17, 15) is 14.7 Å². The first-order valence-electron chi connectivity index (χ1n) is 15.1. The van der Waals surface area contributed by atoms with Crippen LogP contribution in [0.4, 0.5) is 0 Å². The number of fused-ring (bicyclic) bond motifs is 1. The highest BCUT2D eigenvalue weighted by Gasteiger charge is 2.19. The highest BCUT2D eigenvalue weighted by Crippen LogP contribution is 2.42. The molecule has 3 aromatic carbocycles. The zero-order chi connectivity index (χ0) is 32.2. The van der Waals surface area contributed by atoms with Gasteiger partial charge in [-0.3, -0.25) is 14.5 Å². The topological polar surface area (TPSA) is 120 Å². The van der Waals surface area contributed by atoms with E-state index in [2.05, 4.69) is 23.2 Å². The highest BCUT2D eigenvalue weighted by molar-refractivity contribution is 5.89. The molecule has 0 bridgehead atoms. The Bertz CT molecular complexity index is 1620. The molecule has 4 aromatic rings. The summed E-state index contributed by atoms with van der Waals surface area (Å²) in [6, 6.07) is 17.8. The Morgan fingerprint density at radius 3 is 2.36 bits per heavy atom. The highest BCUT2D eigenvalue weighted by atomic mass is 16.5. The molecule has 0 saturated carbocycles. The number of carbonyl (C=O) groups excluding carboxylic acids is 1. The lowest BCUT2D eigenvalue weighted by molar-refractivity contribution is -0.123. The van der Waals surface area contributed by atoms with Gasteiger partial charge in [0, 0.05) is 36.3 Å². The number of para-hydroxylation sites is 1. The fourth-order valence-electron chi connectivity index (χ4n) is 5.13. The molecule has 10 nitrogen and oxygen atoms in total. The number of carbonyl (C=O) groups is 1. The fraction of sp³-hybridized carbons (Fsp3) is 0.371. The molecule has 1 amide bonds. The molecule has 0 spiro atoms. The minimum Gasteiger partial charge on any atom is -0.504 e. The van der Waals surface area contributed by atoms with Crippen LogP contribution in [0.1, 0.15) is 38.2 Å². The lowest BCUT2D eigenvalue weighted by atomic mass is 10.1. The van der Waals surface area contributed by atoms with Crippen molar-refractivity contribution in [3.63, 3.8) is 0 Å². The lowest BCUT2D eigenvalue weighted by Gasteiger charge is -2.21. The zero-order valence-electron chi connectivity index (χ0n) is 26.4. The minimum absolute atomic E-state index is 0.00529. The first kappa shape index (κ1) is 33.2. The van der Waals surface area contributed by atoms with Gasteiger partial charge in [-0.1, -0.05) is 38.0 Å². The van der Waals surface area contributed by atoms with Gasteiger partial charge in [0.2, 0.25) is 5.75 Å². The Morgan fingerprint density at radius 2 is 1.64 bits per heavy atom. The number of nitrogens with one attached hydrogen (secondary N) is 1. The van der Waals surface area contributed by atoms with Gasteiger partial charge in [0.15, 0.2) is 23.5 Å². The first-order chi connectivity index (χ1) is 21.9. The molecule has 240 valence electrons. The van der Waals surface area contributed by atoms with Crippen molar-refractivity contribution >= 4 is 16.9 Å². The summed E-state index contributed by atoms with van der Waals surface area (Å²) in [4.78, 5) is 27.5. The predicted molar refractivity (Wildman–Crippen MR) is 174 cm³/mol. The second kappa shape index (κ2) is 16.4. The maximum Gasteiger partial charge on any atom is 0.257 e. The van der Waals surface area contributed by atoms with Crippen LogP contribution in [0.5, 0.6) is 28.7 Å². The number of methoxy groups -OCH3 is 3. The number of ether oxygens (including phenoxy) is 4. The van der Waals surface area contributed by atoms with Crippen molar-refractivity contribution in [1.82, 2.24) is 10.2 Å². The Morgan fingerprint density at radius 1 is 0.911 bits per heavy atom. The number of hydrogen-bond donors (Lipinski definition) is 2. The maximum absolute atomic E-state index is 12.8. The SMILES string of the molecule is CCN(CCCCCCNC(=O)COc1ccc(-c2cc(=O)c3c(O)c(OC)c(OC)cc3o2)cc1)Cc1ccccc1OC. The Kier molecular flexibility index (Phi) is 12.1. The lowest BCUT2D eigenvalue weighted by Crippen LogP contribution is -2.29. The number of rotatable bonds is 17. The Hall–Kier alpha value is -4.70. The molecular weight excluding hydrogens is 576 g/mol. The molecule has 4 rings (SSSR count). The molecule has 45 heavy (non-hydrogen) atoms. The van der Waals surface area contributed by atoms with Gasteiger partial charge in [0.1, 0.15) is 28.2 Å². The van der Waals surface area contributed by atoms with E-state index in [1.807, 2.05) is 18.2 Å². The molecule has 1 aromatic heterocycles. The van der Waals surface area contributed by atoms with Crippen LogP contribution in [0.25, 0.3) is 22.3 Å². The second-order valence-corrected chi connectivity index (χ2v) is 10.6. The van der Waals surface area contributed by atoms with Crippen LogP contribution in [-0.2, 0) is 11.3 Å². The normalized spacial score (nSPS) is 11.0. The summed E-state index contributed by atoms with van der Waals surface area (Å²) >= 11 is 0. The third kappa shape index (κ3) is 8.69. The van der Waals surface area contributed by atoms with Gasteiger partial charge in [0.25, 0.3) is 5.91 Å². The van der Waals surface area contributed by atoms with Crippen molar-refractivity contribution in [3.8, 4) is 40.1 Å². The van der Waals surface area contributed by atoms with Crippen molar-refractivity contribution < 1.29 is 33.3 Å². The number of nitrogens with zero attached hydrogens (tertiary/aromatic N) is 1. The predicted octanol–water partition coefficient (Wildman–Crippen LogP) is 5.77. The molecule has 0 saturated heterocycles. The smallest absolute Gasteiger partial charge is 0.257 e. The van der Waals surface area contributed by atoms with Crippen LogP contribution in [-0.4, -0.2) is 63.5 Å². The van der Waals surface area contributed by atoms with Crippen molar-refractivity contribution in [1.29, 1.82) is 0 Å². The fourth-order valence-corrected chi connectivity index (χ4v) is 5.13. The van der Waals surface area contributed by atoms with Gasteiger partial charge in [-0.2, -0.15) is 0 Å². The summed E-state index contributed by atoms with van der Waals surface area (Å²) in [6.07, 6.45) is 4.15. The van der Waals surface area contributed by atoms with Gasteiger partial charge in [-0.05, 0) is 56.3 Å². The zero-order valence-corrected chi connectivity index (χ0v) is 26.4. The van der Waals surface area contributed by atoms with E-state index < -0.39 is 5.43 Å². The molecule has 2 N–H and O–H groups in total. The van der Waals surface area contributed by atoms with Gasteiger partial charge in [-0.25, -0.2) is 0 Å². The van der Waals surface area contributed by atoms with Crippen LogP contribution in [0.15, 0.2) is 69.9 Å². The molecule has 0 aliphatic carbocycles. The minimum atomic E-state index is -0.422. The average molecular weight is 619 g/mol. The third-order valence-corrected chi connectivity index (χ3v) is 7.60. The van der Waals surface area contributed by atoms with Crippen LogP contribution in [0.2, 0.25) is 0 Å².